The van der Waals surface area contributed by atoms with Crippen LogP contribution in [0.4, 0.5) is 13.2 Å². The molecule has 0 aliphatic heterocycles. The Bertz CT molecular complexity index is 663. The fourth-order valence-electron chi connectivity index (χ4n) is 2.48. The van der Waals surface area contributed by atoms with E-state index in [2.05, 4.69) is 0 Å². The van der Waals surface area contributed by atoms with Gasteiger partial charge in [-0.05, 0) is 19.4 Å². The average Bonchev–Trinajstić information content (AvgIpc) is 2.54. The first-order valence-corrected chi connectivity index (χ1v) is 9.28. The van der Waals surface area contributed by atoms with E-state index in [9.17, 15) is 13.2 Å². The van der Waals surface area contributed by atoms with Gasteiger partial charge >= 0.3 is 8.80 Å². The molecule has 3 nitrogen and oxygen atoms in total. The van der Waals surface area contributed by atoms with Crippen LogP contribution >= 0.6 is 0 Å². The molecule has 0 heterocycles. The van der Waals surface area contributed by atoms with Crippen molar-refractivity contribution in [1.29, 1.82) is 0 Å². The first-order chi connectivity index (χ1) is 11.5. The van der Waals surface area contributed by atoms with Gasteiger partial charge in [-0.1, -0.05) is 24.3 Å². The highest BCUT2D eigenvalue weighted by Crippen LogP contribution is 2.26. The maximum absolute atomic E-state index is 13.9. The maximum Gasteiger partial charge on any atom is 0.536 e. The highest BCUT2D eigenvalue weighted by atomic mass is 28.4. The standard InChI is InChI=1S/C17H19F3O3Si/c1-4-22-24(21-3,23-5-2)14-8-6-12(7-9-14)17-15(19)10-13(18)11-16(17)20/h6-11H,4-5H2,1-3H3. The normalized spacial score (nSPS) is 11.8. The van der Waals surface area contributed by atoms with Crippen LogP contribution in [-0.4, -0.2) is 29.1 Å². The Hall–Kier alpha value is -1.67. The van der Waals surface area contributed by atoms with Crippen molar-refractivity contribution in [3.05, 3.63) is 53.8 Å². The van der Waals surface area contributed by atoms with Gasteiger partial charge in [0.25, 0.3) is 0 Å². The number of rotatable bonds is 7. The van der Waals surface area contributed by atoms with Crippen molar-refractivity contribution in [2.75, 3.05) is 20.3 Å². The monoisotopic (exact) mass is 356 g/mol. The number of benzene rings is 2. The van der Waals surface area contributed by atoms with Crippen LogP contribution in [0.1, 0.15) is 13.8 Å². The second-order valence-corrected chi connectivity index (χ2v) is 7.62. The summed E-state index contributed by atoms with van der Waals surface area (Å²) in [6.45, 7) is 4.47. The van der Waals surface area contributed by atoms with Crippen LogP contribution in [0.2, 0.25) is 0 Å². The zero-order chi connectivity index (χ0) is 17.7. The lowest BCUT2D eigenvalue weighted by Crippen LogP contribution is -2.56. The molecule has 2 aromatic carbocycles. The first-order valence-electron chi connectivity index (χ1n) is 7.56. The molecule has 0 atom stereocenters. The summed E-state index contributed by atoms with van der Waals surface area (Å²) in [7, 11) is -1.55. The van der Waals surface area contributed by atoms with Gasteiger partial charge in [-0.25, -0.2) is 13.2 Å². The molecule has 130 valence electrons. The second kappa shape index (κ2) is 7.93. The van der Waals surface area contributed by atoms with E-state index in [0.717, 1.165) is 0 Å². The quantitative estimate of drug-likeness (QED) is 0.709. The Morgan fingerprint density at radius 2 is 1.38 bits per heavy atom. The predicted molar refractivity (Wildman–Crippen MR) is 87.4 cm³/mol. The molecule has 0 unspecified atom stereocenters. The molecule has 7 heteroatoms. The lowest BCUT2D eigenvalue weighted by atomic mass is 10.0. The van der Waals surface area contributed by atoms with Gasteiger partial charge in [-0.15, -0.1) is 0 Å². The highest BCUT2D eigenvalue weighted by molar-refractivity contribution is 6.75. The van der Waals surface area contributed by atoms with Gasteiger partial charge in [0.1, 0.15) is 17.5 Å². The molecule has 0 amide bonds. The summed E-state index contributed by atoms with van der Waals surface area (Å²) in [5, 5.41) is 0.681. The summed E-state index contributed by atoms with van der Waals surface area (Å²) in [6, 6.07) is 7.68. The zero-order valence-electron chi connectivity index (χ0n) is 13.7. The molecule has 24 heavy (non-hydrogen) atoms. The van der Waals surface area contributed by atoms with E-state index in [4.69, 9.17) is 13.3 Å². The first kappa shape index (κ1) is 18.7. The Kier molecular flexibility index (Phi) is 6.17. The van der Waals surface area contributed by atoms with Gasteiger partial charge < -0.3 is 13.3 Å². The third kappa shape index (κ3) is 3.70. The fourth-order valence-corrected chi connectivity index (χ4v) is 4.71. The molecule has 0 aliphatic rings. The summed E-state index contributed by atoms with van der Waals surface area (Å²) in [5.41, 5.74) is 0.0150. The second-order valence-electron chi connectivity index (χ2n) is 4.95. The van der Waals surface area contributed by atoms with Crippen molar-refractivity contribution in [3.8, 4) is 11.1 Å². The molecule has 2 rings (SSSR count). The van der Waals surface area contributed by atoms with E-state index in [-0.39, 0.29) is 5.56 Å². The number of hydrogen-bond donors (Lipinski definition) is 0. The minimum absolute atomic E-state index is 0.277. The molecule has 0 saturated heterocycles. The maximum atomic E-state index is 13.9. The van der Waals surface area contributed by atoms with E-state index in [1.165, 1.54) is 19.2 Å². The van der Waals surface area contributed by atoms with Crippen LogP contribution in [0.15, 0.2) is 36.4 Å². The van der Waals surface area contributed by atoms with Crippen LogP contribution in [0.3, 0.4) is 0 Å². The van der Waals surface area contributed by atoms with Crippen LogP contribution in [0.5, 0.6) is 0 Å². The van der Waals surface area contributed by atoms with Crippen molar-refractivity contribution in [1.82, 2.24) is 0 Å². The van der Waals surface area contributed by atoms with Crippen molar-refractivity contribution in [2.45, 2.75) is 13.8 Å². The van der Waals surface area contributed by atoms with E-state index in [1.807, 2.05) is 13.8 Å². The molecule has 0 N–H and O–H groups in total. The summed E-state index contributed by atoms with van der Waals surface area (Å²) in [6.07, 6.45) is 0. The minimum Gasteiger partial charge on any atom is -0.373 e. The van der Waals surface area contributed by atoms with E-state index >= 15 is 0 Å². The molecule has 2 aromatic rings. The van der Waals surface area contributed by atoms with E-state index in [1.54, 1.807) is 12.1 Å². The summed E-state index contributed by atoms with van der Waals surface area (Å²) in [5.74, 6) is -2.86. The van der Waals surface area contributed by atoms with Crippen LogP contribution in [0.25, 0.3) is 11.1 Å². The Labute approximate surface area is 140 Å². The van der Waals surface area contributed by atoms with Crippen molar-refractivity contribution >= 4 is 14.0 Å². The third-order valence-corrected chi connectivity index (χ3v) is 6.39. The molecule has 0 fully saturated rings. The molecule has 0 spiro atoms. The molecular weight excluding hydrogens is 337 g/mol. The summed E-state index contributed by atoms with van der Waals surface area (Å²) >= 11 is 0. The third-order valence-electron chi connectivity index (χ3n) is 3.47. The molecular formula is C17H19F3O3Si. The van der Waals surface area contributed by atoms with Gasteiger partial charge in [0.2, 0.25) is 0 Å². The van der Waals surface area contributed by atoms with Crippen LogP contribution < -0.4 is 5.19 Å². The highest BCUT2D eigenvalue weighted by Gasteiger charge is 2.42. The van der Waals surface area contributed by atoms with Crippen molar-refractivity contribution in [2.24, 2.45) is 0 Å². The Morgan fingerprint density at radius 3 is 1.79 bits per heavy atom. The summed E-state index contributed by atoms with van der Waals surface area (Å²) in [4.78, 5) is 0. The average molecular weight is 356 g/mol. The van der Waals surface area contributed by atoms with Crippen LogP contribution in [-0.2, 0) is 13.3 Å². The van der Waals surface area contributed by atoms with Gasteiger partial charge in [0.15, 0.2) is 0 Å². The van der Waals surface area contributed by atoms with E-state index < -0.39 is 26.3 Å². The molecule has 0 saturated carbocycles. The largest absolute Gasteiger partial charge is 0.536 e. The summed E-state index contributed by atoms with van der Waals surface area (Å²) < 4.78 is 57.8. The molecule has 0 radical (unpaired) electrons. The SMILES string of the molecule is CCO[Si](OC)(OCC)c1ccc(-c2c(F)cc(F)cc2F)cc1. The topological polar surface area (TPSA) is 27.7 Å². The lowest BCUT2D eigenvalue weighted by molar-refractivity contribution is 0.102. The van der Waals surface area contributed by atoms with Gasteiger partial charge in [-0.2, -0.15) is 0 Å². The zero-order valence-corrected chi connectivity index (χ0v) is 14.7. The Balaban J connectivity index is 2.43. The number of halogens is 3. The molecule has 0 aromatic heterocycles. The van der Waals surface area contributed by atoms with Crippen molar-refractivity contribution in [3.63, 3.8) is 0 Å². The molecule has 0 bridgehead atoms. The minimum atomic E-state index is -3.05. The number of hydrogen-bond acceptors (Lipinski definition) is 3. The smallest absolute Gasteiger partial charge is 0.373 e. The van der Waals surface area contributed by atoms with Gasteiger partial charge in [0, 0.05) is 37.6 Å². The van der Waals surface area contributed by atoms with Gasteiger partial charge in [-0.3, -0.25) is 0 Å². The molecule has 0 aliphatic carbocycles. The van der Waals surface area contributed by atoms with Gasteiger partial charge in [0.05, 0.1) is 5.56 Å². The predicted octanol–water partition coefficient (Wildman–Crippen LogP) is 3.64. The van der Waals surface area contributed by atoms with Crippen LogP contribution in [0, 0.1) is 17.5 Å². The Morgan fingerprint density at radius 1 is 0.875 bits per heavy atom. The fraction of sp³-hybridized carbons (Fsp3) is 0.294. The van der Waals surface area contributed by atoms with Crippen molar-refractivity contribution < 1.29 is 26.4 Å². The lowest BCUT2D eigenvalue weighted by Gasteiger charge is -2.27. The van der Waals surface area contributed by atoms with E-state index in [0.29, 0.717) is 36.1 Å².